The average molecular weight is 399 g/mol. The first-order valence-corrected chi connectivity index (χ1v) is 11.8. The molecule has 1 saturated carbocycles. The Morgan fingerprint density at radius 2 is 2.00 bits per heavy atom. The molecule has 1 atom stereocenters. The Morgan fingerprint density at radius 1 is 1.11 bits per heavy atom. The predicted molar refractivity (Wildman–Crippen MR) is 116 cm³/mol. The van der Waals surface area contributed by atoms with Crippen LogP contribution in [0.4, 0.5) is 0 Å². The van der Waals surface area contributed by atoms with Gasteiger partial charge in [0.1, 0.15) is 0 Å². The number of pyridine rings is 1. The summed E-state index contributed by atoms with van der Waals surface area (Å²) in [5, 5.41) is 1.16. The van der Waals surface area contributed by atoms with Gasteiger partial charge >= 0.3 is 0 Å². The molecule has 0 spiro atoms. The minimum Gasteiger partial charge on any atom is -0.300 e. The third-order valence-corrected chi connectivity index (χ3v) is 7.23. The molecule has 3 heterocycles. The molecule has 1 aliphatic carbocycles. The number of nitrogens with zero attached hydrogens (tertiary/aromatic N) is 4. The van der Waals surface area contributed by atoms with Gasteiger partial charge in [0.25, 0.3) is 0 Å². The van der Waals surface area contributed by atoms with E-state index < -0.39 is 0 Å². The number of thiazole rings is 1. The summed E-state index contributed by atoms with van der Waals surface area (Å²) in [7, 11) is 0. The highest BCUT2D eigenvalue weighted by molar-refractivity contribution is 7.11. The largest absolute Gasteiger partial charge is 0.300 e. The molecule has 1 aliphatic heterocycles. The van der Waals surface area contributed by atoms with E-state index in [0.717, 1.165) is 30.1 Å². The normalized spacial score (nSPS) is 22.0. The van der Waals surface area contributed by atoms with E-state index in [-0.39, 0.29) is 0 Å². The Bertz CT molecular complexity index is 710. The van der Waals surface area contributed by atoms with Crippen molar-refractivity contribution in [2.24, 2.45) is 5.92 Å². The maximum absolute atomic E-state index is 4.47. The first kappa shape index (κ1) is 20.0. The first-order valence-electron chi connectivity index (χ1n) is 11.0. The van der Waals surface area contributed by atoms with E-state index >= 15 is 0 Å². The van der Waals surface area contributed by atoms with Crippen LogP contribution in [0.3, 0.4) is 0 Å². The summed E-state index contributed by atoms with van der Waals surface area (Å²) in [4.78, 5) is 15.6. The van der Waals surface area contributed by atoms with Crippen LogP contribution in [0.15, 0.2) is 30.7 Å². The topological polar surface area (TPSA) is 32.3 Å². The summed E-state index contributed by atoms with van der Waals surface area (Å²) >= 11 is 1.83. The standard InChI is InChI=1S/C23H34N4S/c1-19-25-14-23(28-19)18-26(15-20-7-5-11-24-13-20)16-21-8-6-12-27(17-21)22-9-3-2-4-10-22/h5,7,11,13-14,21-22H,2-4,6,8-10,12,15-18H2,1H3/t21-/m1/s1. The van der Waals surface area contributed by atoms with Crippen LogP contribution in [0.2, 0.25) is 0 Å². The molecule has 5 heteroatoms. The minimum atomic E-state index is 0.779. The Labute approximate surface area is 174 Å². The van der Waals surface area contributed by atoms with Gasteiger partial charge in [0, 0.05) is 55.7 Å². The molecule has 0 radical (unpaired) electrons. The van der Waals surface area contributed by atoms with Crippen LogP contribution in [-0.4, -0.2) is 45.4 Å². The van der Waals surface area contributed by atoms with Crippen LogP contribution in [0, 0.1) is 12.8 Å². The molecule has 0 aromatic carbocycles. The fourth-order valence-electron chi connectivity index (χ4n) is 5.02. The molecule has 2 aromatic heterocycles. The molecule has 0 amide bonds. The molecule has 0 N–H and O–H groups in total. The van der Waals surface area contributed by atoms with Crippen LogP contribution in [-0.2, 0) is 13.1 Å². The number of hydrogen-bond acceptors (Lipinski definition) is 5. The summed E-state index contributed by atoms with van der Waals surface area (Å²) in [5.41, 5.74) is 1.31. The van der Waals surface area contributed by atoms with Gasteiger partial charge in [-0.25, -0.2) is 4.98 Å². The number of rotatable bonds is 7. The van der Waals surface area contributed by atoms with Gasteiger partial charge in [0.05, 0.1) is 5.01 Å². The predicted octanol–water partition coefficient (Wildman–Crippen LogP) is 4.89. The van der Waals surface area contributed by atoms with E-state index in [1.165, 1.54) is 75.0 Å². The van der Waals surface area contributed by atoms with Crippen molar-refractivity contribution in [3.8, 4) is 0 Å². The Balaban J connectivity index is 1.40. The SMILES string of the molecule is Cc1ncc(CN(Cc2cccnc2)C[C@H]2CCCN(C3CCCCC3)C2)s1. The van der Waals surface area contributed by atoms with Crippen molar-refractivity contribution >= 4 is 11.3 Å². The third-order valence-electron chi connectivity index (χ3n) is 6.34. The number of piperidine rings is 1. The molecule has 2 aromatic rings. The monoisotopic (exact) mass is 398 g/mol. The molecular formula is C23H34N4S. The van der Waals surface area contributed by atoms with E-state index in [1.54, 1.807) is 0 Å². The van der Waals surface area contributed by atoms with Crippen molar-refractivity contribution in [2.75, 3.05) is 19.6 Å². The summed E-state index contributed by atoms with van der Waals surface area (Å²) in [6.07, 6.45) is 15.8. The minimum absolute atomic E-state index is 0.779. The number of aromatic nitrogens is 2. The zero-order valence-electron chi connectivity index (χ0n) is 17.2. The maximum atomic E-state index is 4.47. The van der Waals surface area contributed by atoms with Crippen molar-refractivity contribution in [1.29, 1.82) is 0 Å². The fourth-order valence-corrected chi connectivity index (χ4v) is 5.86. The molecular weight excluding hydrogens is 364 g/mol. The van der Waals surface area contributed by atoms with Gasteiger partial charge in [-0.3, -0.25) is 9.88 Å². The summed E-state index contributed by atoms with van der Waals surface area (Å²) in [5.74, 6) is 0.779. The second-order valence-corrected chi connectivity index (χ2v) is 9.99. The second-order valence-electron chi connectivity index (χ2n) is 8.67. The molecule has 2 aliphatic rings. The van der Waals surface area contributed by atoms with Crippen molar-refractivity contribution in [1.82, 2.24) is 19.8 Å². The molecule has 152 valence electrons. The van der Waals surface area contributed by atoms with Crippen LogP contribution >= 0.6 is 11.3 Å². The molecule has 4 nitrogen and oxygen atoms in total. The van der Waals surface area contributed by atoms with E-state index in [2.05, 4.69) is 45.0 Å². The lowest BCUT2D eigenvalue weighted by molar-refractivity contribution is 0.0773. The smallest absolute Gasteiger partial charge is 0.0897 e. The van der Waals surface area contributed by atoms with Gasteiger partial charge in [-0.15, -0.1) is 11.3 Å². The zero-order chi connectivity index (χ0) is 19.2. The quantitative estimate of drug-likeness (QED) is 0.664. The molecule has 0 unspecified atom stereocenters. The first-order chi connectivity index (χ1) is 13.8. The summed E-state index contributed by atoms with van der Waals surface area (Å²) in [6.45, 7) is 7.86. The van der Waals surface area contributed by atoms with Crippen molar-refractivity contribution < 1.29 is 0 Å². The lowest BCUT2D eigenvalue weighted by Crippen LogP contribution is -2.46. The third kappa shape index (κ3) is 5.62. The number of hydrogen-bond donors (Lipinski definition) is 0. The summed E-state index contributed by atoms with van der Waals surface area (Å²) < 4.78 is 0. The molecule has 28 heavy (non-hydrogen) atoms. The maximum Gasteiger partial charge on any atom is 0.0897 e. The van der Waals surface area contributed by atoms with E-state index in [1.807, 2.05) is 23.7 Å². The van der Waals surface area contributed by atoms with Crippen molar-refractivity contribution in [2.45, 2.75) is 71.0 Å². The Kier molecular flexibility index (Phi) is 7.10. The molecule has 1 saturated heterocycles. The highest BCUT2D eigenvalue weighted by atomic mass is 32.1. The van der Waals surface area contributed by atoms with Crippen LogP contribution in [0.5, 0.6) is 0 Å². The van der Waals surface area contributed by atoms with Crippen LogP contribution in [0.25, 0.3) is 0 Å². The molecule has 2 fully saturated rings. The molecule has 0 bridgehead atoms. The molecule has 4 rings (SSSR count). The van der Waals surface area contributed by atoms with Crippen LogP contribution in [0.1, 0.15) is 60.4 Å². The van der Waals surface area contributed by atoms with E-state index in [0.29, 0.717) is 0 Å². The zero-order valence-corrected chi connectivity index (χ0v) is 18.0. The Morgan fingerprint density at radius 3 is 2.75 bits per heavy atom. The van der Waals surface area contributed by atoms with Crippen molar-refractivity contribution in [3.63, 3.8) is 0 Å². The van der Waals surface area contributed by atoms with Gasteiger partial charge in [0.2, 0.25) is 0 Å². The van der Waals surface area contributed by atoms with Gasteiger partial charge in [-0.2, -0.15) is 0 Å². The second kappa shape index (κ2) is 9.95. The Hall–Kier alpha value is -1.30. The number of likely N-dealkylation sites (tertiary alicyclic amines) is 1. The van der Waals surface area contributed by atoms with E-state index in [9.17, 15) is 0 Å². The lowest BCUT2D eigenvalue weighted by atomic mass is 9.90. The van der Waals surface area contributed by atoms with Crippen LogP contribution < -0.4 is 0 Å². The highest BCUT2D eigenvalue weighted by Crippen LogP contribution is 2.28. The van der Waals surface area contributed by atoms with Gasteiger partial charge in [0.15, 0.2) is 0 Å². The van der Waals surface area contributed by atoms with E-state index in [4.69, 9.17) is 0 Å². The van der Waals surface area contributed by atoms with Gasteiger partial charge < -0.3 is 4.90 Å². The van der Waals surface area contributed by atoms with Gasteiger partial charge in [-0.05, 0) is 56.7 Å². The van der Waals surface area contributed by atoms with Crippen molar-refractivity contribution in [3.05, 3.63) is 46.2 Å². The van der Waals surface area contributed by atoms with Gasteiger partial charge in [-0.1, -0.05) is 25.3 Å². The highest BCUT2D eigenvalue weighted by Gasteiger charge is 2.28. The fraction of sp³-hybridized carbons (Fsp3) is 0.652. The average Bonchev–Trinajstić information content (AvgIpc) is 3.14. The summed E-state index contributed by atoms with van der Waals surface area (Å²) in [6, 6.07) is 5.11. The number of aryl methyl sites for hydroxylation is 1. The lowest BCUT2D eigenvalue weighted by Gasteiger charge is -2.41.